The van der Waals surface area contributed by atoms with Crippen LogP contribution in [0.4, 0.5) is 11.4 Å². The van der Waals surface area contributed by atoms with Gasteiger partial charge in [0.05, 0.1) is 0 Å². The first-order valence-corrected chi connectivity index (χ1v) is 9.94. The highest BCUT2D eigenvalue weighted by Crippen LogP contribution is 2.38. The molecule has 0 heterocycles. The first-order chi connectivity index (χ1) is 12.8. The van der Waals surface area contributed by atoms with E-state index in [1.54, 1.807) is 0 Å². The van der Waals surface area contributed by atoms with E-state index in [9.17, 15) is 5.11 Å². The Labute approximate surface area is 175 Å². The number of hydrogen-bond acceptors (Lipinski definition) is 3. The van der Waals surface area contributed by atoms with E-state index in [0.29, 0.717) is 0 Å². The third kappa shape index (κ3) is 3.96. The molecule has 3 aromatic carbocycles. The lowest BCUT2D eigenvalue weighted by Crippen LogP contribution is -2.29. The summed E-state index contributed by atoms with van der Waals surface area (Å²) in [6.07, 6.45) is 0. The molecule has 27 heavy (non-hydrogen) atoms. The number of aliphatic hydroxyl groups is 1. The third-order valence-corrected chi connectivity index (χ3v) is 5.58. The number of rotatable bonds is 5. The zero-order valence-corrected chi connectivity index (χ0v) is 18.3. The van der Waals surface area contributed by atoms with Crippen molar-refractivity contribution in [3.63, 3.8) is 0 Å². The lowest BCUT2D eigenvalue weighted by atomic mass is 9.80. The molecular weight excluding hydrogens is 447 g/mol. The molecule has 3 aromatic rings. The van der Waals surface area contributed by atoms with Gasteiger partial charge in [-0.25, -0.2) is 0 Å². The molecule has 140 valence electrons. The molecule has 0 saturated carbocycles. The van der Waals surface area contributed by atoms with Gasteiger partial charge in [0.25, 0.3) is 0 Å². The van der Waals surface area contributed by atoms with Gasteiger partial charge >= 0.3 is 0 Å². The number of nitrogens with zero attached hydrogens (tertiary/aromatic N) is 2. The molecule has 0 amide bonds. The van der Waals surface area contributed by atoms with E-state index in [0.717, 1.165) is 31.6 Å². The number of benzene rings is 3. The molecule has 0 spiro atoms. The second-order valence-corrected chi connectivity index (χ2v) is 8.35. The SMILES string of the molecule is CN(C)c1ccc(C(O)(c2ccc(I)cc2)c2ccc(N(C)C)cc2)cc1. The average molecular weight is 472 g/mol. The van der Waals surface area contributed by atoms with Crippen LogP contribution in [0.5, 0.6) is 0 Å². The molecule has 3 nitrogen and oxygen atoms in total. The molecule has 0 aliphatic rings. The van der Waals surface area contributed by atoms with Crippen LogP contribution < -0.4 is 9.80 Å². The van der Waals surface area contributed by atoms with Crippen LogP contribution >= 0.6 is 22.6 Å². The first-order valence-electron chi connectivity index (χ1n) is 8.86. The fourth-order valence-electron chi connectivity index (χ4n) is 3.19. The number of hydrogen-bond donors (Lipinski definition) is 1. The summed E-state index contributed by atoms with van der Waals surface area (Å²) in [5.41, 5.74) is 3.57. The van der Waals surface area contributed by atoms with E-state index in [4.69, 9.17) is 0 Å². The Balaban J connectivity index is 2.15. The second-order valence-electron chi connectivity index (χ2n) is 7.10. The van der Waals surface area contributed by atoms with Gasteiger partial charge in [-0.15, -0.1) is 0 Å². The van der Waals surface area contributed by atoms with Gasteiger partial charge in [0.15, 0.2) is 0 Å². The molecule has 0 aliphatic carbocycles. The summed E-state index contributed by atoms with van der Waals surface area (Å²) < 4.78 is 1.14. The lowest BCUT2D eigenvalue weighted by Gasteiger charge is -2.31. The van der Waals surface area contributed by atoms with E-state index in [2.05, 4.69) is 32.4 Å². The van der Waals surface area contributed by atoms with Gasteiger partial charge in [0.2, 0.25) is 0 Å². The number of halogens is 1. The Morgan fingerprint density at radius 2 is 0.889 bits per heavy atom. The molecule has 0 atom stereocenters. The van der Waals surface area contributed by atoms with Gasteiger partial charge in [-0.05, 0) is 75.7 Å². The summed E-state index contributed by atoms with van der Waals surface area (Å²) in [7, 11) is 8.06. The van der Waals surface area contributed by atoms with Crippen LogP contribution in [0, 0.1) is 3.57 Å². The van der Waals surface area contributed by atoms with Crippen molar-refractivity contribution in [1.82, 2.24) is 0 Å². The molecule has 0 fully saturated rings. The topological polar surface area (TPSA) is 26.7 Å². The Kier molecular flexibility index (Phi) is 5.77. The zero-order chi connectivity index (χ0) is 19.6. The second kappa shape index (κ2) is 7.90. The van der Waals surface area contributed by atoms with Crippen molar-refractivity contribution in [2.75, 3.05) is 38.0 Å². The van der Waals surface area contributed by atoms with E-state index < -0.39 is 5.60 Å². The highest BCUT2D eigenvalue weighted by atomic mass is 127. The predicted octanol–water partition coefficient (Wildman–Crippen LogP) is 4.71. The maximum Gasteiger partial charge on any atom is 0.140 e. The Morgan fingerprint density at radius 1 is 0.593 bits per heavy atom. The van der Waals surface area contributed by atoms with Crippen LogP contribution in [-0.2, 0) is 5.60 Å². The Hall–Kier alpha value is -2.05. The van der Waals surface area contributed by atoms with E-state index in [1.807, 2.05) is 101 Å². The molecular formula is C23H25IN2O. The van der Waals surface area contributed by atoms with Crippen molar-refractivity contribution in [2.24, 2.45) is 0 Å². The van der Waals surface area contributed by atoms with Crippen molar-refractivity contribution in [3.05, 3.63) is 93.1 Å². The van der Waals surface area contributed by atoms with Crippen molar-refractivity contribution < 1.29 is 5.11 Å². The van der Waals surface area contributed by atoms with Gasteiger partial charge < -0.3 is 14.9 Å². The summed E-state index contributed by atoms with van der Waals surface area (Å²) in [5, 5.41) is 11.9. The molecule has 0 aliphatic heterocycles. The fourth-order valence-corrected chi connectivity index (χ4v) is 3.55. The standard InChI is InChI=1S/C23H25IN2O/c1-25(2)21-13-7-18(8-14-21)23(27,17-5-11-20(24)12-6-17)19-9-15-22(16-10-19)26(3)4/h5-16,27H,1-4H3. The minimum Gasteiger partial charge on any atom is -0.378 e. The highest BCUT2D eigenvalue weighted by Gasteiger charge is 2.33. The number of anilines is 2. The largest absolute Gasteiger partial charge is 0.378 e. The van der Waals surface area contributed by atoms with Crippen molar-refractivity contribution in [1.29, 1.82) is 0 Å². The zero-order valence-electron chi connectivity index (χ0n) is 16.1. The Morgan fingerprint density at radius 3 is 1.19 bits per heavy atom. The van der Waals surface area contributed by atoms with Crippen LogP contribution in [0.1, 0.15) is 16.7 Å². The minimum atomic E-state index is -1.21. The van der Waals surface area contributed by atoms with Crippen LogP contribution in [0.25, 0.3) is 0 Å². The summed E-state index contributed by atoms with van der Waals surface area (Å²) in [4.78, 5) is 4.11. The molecule has 4 heteroatoms. The van der Waals surface area contributed by atoms with Gasteiger partial charge in [-0.2, -0.15) is 0 Å². The molecule has 0 saturated heterocycles. The highest BCUT2D eigenvalue weighted by molar-refractivity contribution is 14.1. The normalized spacial score (nSPS) is 11.3. The summed E-state index contributed by atoms with van der Waals surface area (Å²) >= 11 is 2.28. The van der Waals surface area contributed by atoms with Gasteiger partial charge in [-0.1, -0.05) is 36.4 Å². The minimum absolute atomic E-state index is 0.854. The van der Waals surface area contributed by atoms with Crippen LogP contribution in [-0.4, -0.2) is 33.3 Å². The monoisotopic (exact) mass is 472 g/mol. The summed E-state index contributed by atoms with van der Waals surface area (Å²) in [6.45, 7) is 0. The van der Waals surface area contributed by atoms with E-state index in [-0.39, 0.29) is 0 Å². The molecule has 0 unspecified atom stereocenters. The average Bonchev–Trinajstić information content (AvgIpc) is 2.68. The molecule has 1 N–H and O–H groups in total. The van der Waals surface area contributed by atoms with Crippen LogP contribution in [0.3, 0.4) is 0 Å². The smallest absolute Gasteiger partial charge is 0.140 e. The first kappa shape index (κ1) is 19.7. The van der Waals surface area contributed by atoms with E-state index in [1.165, 1.54) is 0 Å². The Bertz CT molecular complexity index is 834. The van der Waals surface area contributed by atoms with Gasteiger partial charge in [0.1, 0.15) is 5.60 Å². The lowest BCUT2D eigenvalue weighted by molar-refractivity contribution is 0.125. The van der Waals surface area contributed by atoms with Crippen molar-refractivity contribution in [3.8, 4) is 0 Å². The van der Waals surface area contributed by atoms with Crippen molar-refractivity contribution >= 4 is 34.0 Å². The third-order valence-electron chi connectivity index (χ3n) is 4.86. The maximum atomic E-state index is 11.9. The summed E-state index contributed by atoms with van der Waals surface area (Å²) in [5.74, 6) is 0. The molecule has 0 radical (unpaired) electrons. The molecule has 0 bridgehead atoms. The van der Waals surface area contributed by atoms with E-state index >= 15 is 0 Å². The van der Waals surface area contributed by atoms with Gasteiger partial charge in [-0.3, -0.25) is 0 Å². The maximum absolute atomic E-state index is 11.9. The van der Waals surface area contributed by atoms with Crippen LogP contribution in [0.15, 0.2) is 72.8 Å². The van der Waals surface area contributed by atoms with Gasteiger partial charge in [0, 0.05) is 43.1 Å². The fraction of sp³-hybridized carbons (Fsp3) is 0.217. The predicted molar refractivity (Wildman–Crippen MR) is 123 cm³/mol. The quantitative estimate of drug-likeness (QED) is 0.431. The van der Waals surface area contributed by atoms with Crippen molar-refractivity contribution in [2.45, 2.75) is 5.60 Å². The summed E-state index contributed by atoms with van der Waals surface area (Å²) in [6, 6.07) is 24.3. The molecule has 3 rings (SSSR count). The van der Waals surface area contributed by atoms with Crippen LogP contribution in [0.2, 0.25) is 0 Å². The molecule has 0 aromatic heterocycles.